The predicted octanol–water partition coefficient (Wildman–Crippen LogP) is 0.977. The van der Waals surface area contributed by atoms with E-state index in [0.29, 0.717) is 0 Å². The van der Waals surface area contributed by atoms with Crippen molar-refractivity contribution in [1.82, 2.24) is 0 Å². The Morgan fingerprint density at radius 2 is 1.89 bits per heavy atom. The van der Waals surface area contributed by atoms with E-state index < -0.39 is 0 Å². The molecule has 2 heteroatoms. The molecule has 1 aromatic rings. The van der Waals surface area contributed by atoms with Crippen molar-refractivity contribution in [2.24, 2.45) is 0 Å². The van der Waals surface area contributed by atoms with Crippen LogP contribution in [0.5, 0.6) is 0 Å². The molecule has 0 bridgehead atoms. The first kappa shape index (κ1) is 8.87. The van der Waals surface area contributed by atoms with E-state index >= 15 is 0 Å². The van der Waals surface area contributed by atoms with E-state index in [-0.39, 0.29) is 27.7 Å². The summed E-state index contributed by atoms with van der Waals surface area (Å²) in [5.74, 6) is 0. The van der Waals surface area contributed by atoms with Crippen LogP contribution in [0.1, 0.15) is 5.56 Å². The Labute approximate surface area is 69.0 Å². The second kappa shape index (κ2) is 4.72. The molecule has 1 nitrogen and oxygen atoms in total. The molecule has 1 aromatic carbocycles. The smallest absolute Gasteiger partial charge is 0.0461 e. The van der Waals surface area contributed by atoms with E-state index in [0.717, 1.165) is 5.56 Å². The maximum atomic E-state index is 8.52. The number of aliphatic hydroxyl groups is 1. The summed E-state index contributed by atoms with van der Waals surface area (Å²) in [5, 5.41) is 8.52. The Bertz CT molecular complexity index is 150. The summed E-state index contributed by atoms with van der Waals surface area (Å²) >= 11 is 0. The fourth-order valence-electron chi connectivity index (χ4n) is 0.527. The van der Waals surface area contributed by atoms with Crippen LogP contribution in [0.25, 0.3) is 0 Å². The van der Waals surface area contributed by atoms with Crippen LogP contribution >= 0.6 is 0 Å². The van der Waals surface area contributed by atoms with Gasteiger partial charge in [0.15, 0.2) is 0 Å². The van der Waals surface area contributed by atoms with Gasteiger partial charge in [-0.2, -0.15) is 30.3 Å². The normalized spacial score (nSPS) is 8.11. The number of rotatable bonds is 1. The minimum absolute atomic E-state index is 0. The summed E-state index contributed by atoms with van der Waals surface area (Å²) in [7, 11) is 0. The van der Waals surface area contributed by atoms with Gasteiger partial charge in [0.05, 0.1) is 0 Å². The van der Waals surface area contributed by atoms with Crippen LogP contribution in [-0.4, -0.2) is 5.11 Å². The standard InChI is InChI=1S/C7H7O.W/c8-6-7-4-2-1-3-5-7;/h2-5,8H,6H2;/q-1;. The van der Waals surface area contributed by atoms with Crippen molar-refractivity contribution >= 4 is 0 Å². The van der Waals surface area contributed by atoms with E-state index in [2.05, 4.69) is 6.07 Å². The van der Waals surface area contributed by atoms with Crippen molar-refractivity contribution in [1.29, 1.82) is 0 Å². The fraction of sp³-hybridized carbons (Fsp3) is 0.143. The summed E-state index contributed by atoms with van der Waals surface area (Å²) in [5.41, 5.74) is 0.934. The van der Waals surface area contributed by atoms with Crippen LogP contribution in [0.15, 0.2) is 24.3 Å². The molecule has 0 unspecified atom stereocenters. The largest absolute Gasteiger partial charge is 0.394 e. The van der Waals surface area contributed by atoms with Crippen molar-refractivity contribution < 1.29 is 26.2 Å². The van der Waals surface area contributed by atoms with Crippen LogP contribution in [0.4, 0.5) is 0 Å². The van der Waals surface area contributed by atoms with Gasteiger partial charge in [-0.1, -0.05) is 0 Å². The van der Waals surface area contributed by atoms with Crippen molar-refractivity contribution in [3.63, 3.8) is 0 Å². The Kier molecular flexibility index (Phi) is 4.65. The molecule has 0 fully saturated rings. The second-order valence-corrected chi connectivity index (χ2v) is 1.57. The molecule has 1 N–H and O–H groups in total. The average molecular weight is 291 g/mol. The minimum atomic E-state index is 0. The average Bonchev–Trinajstić information content (AvgIpc) is 1.90. The molecule has 0 aliphatic carbocycles. The van der Waals surface area contributed by atoms with Crippen LogP contribution < -0.4 is 0 Å². The van der Waals surface area contributed by atoms with Gasteiger partial charge in [-0.25, -0.2) is 0 Å². The van der Waals surface area contributed by atoms with Gasteiger partial charge in [0.25, 0.3) is 0 Å². The molecular formula is C7H7OW-. The maximum Gasteiger partial charge on any atom is 0.0461 e. The third-order valence-corrected chi connectivity index (χ3v) is 0.970. The third kappa shape index (κ3) is 2.78. The Morgan fingerprint density at radius 3 is 2.22 bits per heavy atom. The molecule has 0 saturated heterocycles. The SMILES string of the molecule is OCc1cc[c-]cc1.[W]. The van der Waals surface area contributed by atoms with Crippen molar-refractivity contribution in [2.45, 2.75) is 6.61 Å². The summed E-state index contributed by atoms with van der Waals surface area (Å²) in [6.07, 6.45) is 0. The van der Waals surface area contributed by atoms with Gasteiger partial charge in [-0.3, -0.25) is 0 Å². The Balaban J connectivity index is 0.000000640. The molecule has 0 radical (unpaired) electrons. The first-order valence-corrected chi connectivity index (χ1v) is 2.49. The van der Waals surface area contributed by atoms with Gasteiger partial charge in [0.2, 0.25) is 0 Å². The number of hydrogen-bond donors (Lipinski definition) is 1. The van der Waals surface area contributed by atoms with Gasteiger partial charge in [-0.15, -0.1) is 5.56 Å². The van der Waals surface area contributed by atoms with E-state index in [1.165, 1.54) is 0 Å². The van der Waals surface area contributed by atoms with E-state index in [9.17, 15) is 0 Å². The van der Waals surface area contributed by atoms with Gasteiger partial charge < -0.3 is 5.11 Å². The Morgan fingerprint density at radius 1 is 1.33 bits per heavy atom. The molecule has 0 aliphatic heterocycles. The van der Waals surface area contributed by atoms with Gasteiger partial charge in [0.1, 0.15) is 0 Å². The van der Waals surface area contributed by atoms with E-state index in [1.807, 2.05) is 12.1 Å². The fourth-order valence-corrected chi connectivity index (χ4v) is 0.527. The molecule has 0 heterocycles. The van der Waals surface area contributed by atoms with Gasteiger partial charge in [-0.05, 0) is 0 Å². The van der Waals surface area contributed by atoms with E-state index in [4.69, 9.17) is 5.11 Å². The summed E-state index contributed by atoms with van der Waals surface area (Å²) < 4.78 is 0. The zero-order valence-corrected chi connectivity index (χ0v) is 7.81. The van der Waals surface area contributed by atoms with Crippen molar-refractivity contribution in [3.8, 4) is 0 Å². The van der Waals surface area contributed by atoms with Crippen LogP contribution in [0.3, 0.4) is 0 Å². The van der Waals surface area contributed by atoms with Crippen molar-refractivity contribution in [2.75, 3.05) is 0 Å². The molecule has 0 atom stereocenters. The van der Waals surface area contributed by atoms with Gasteiger partial charge >= 0.3 is 0 Å². The molecule has 0 saturated carbocycles. The summed E-state index contributed by atoms with van der Waals surface area (Å²) in [6, 6.07) is 10.1. The molecule has 48 valence electrons. The topological polar surface area (TPSA) is 20.2 Å². The second-order valence-electron chi connectivity index (χ2n) is 1.57. The summed E-state index contributed by atoms with van der Waals surface area (Å²) in [6.45, 7) is 0.120. The predicted molar refractivity (Wildman–Crippen MR) is 31.2 cm³/mol. The number of aliphatic hydroxyl groups excluding tert-OH is 1. The Hall–Kier alpha value is -0.132. The molecule has 9 heavy (non-hydrogen) atoms. The number of hydrogen-bond acceptors (Lipinski definition) is 1. The van der Waals surface area contributed by atoms with Crippen LogP contribution in [-0.2, 0) is 27.7 Å². The monoisotopic (exact) mass is 291 g/mol. The minimum Gasteiger partial charge on any atom is -0.394 e. The molecule has 0 spiro atoms. The first-order valence-electron chi connectivity index (χ1n) is 2.49. The molecule has 0 aliphatic rings. The van der Waals surface area contributed by atoms with Crippen molar-refractivity contribution in [3.05, 3.63) is 35.9 Å². The zero-order chi connectivity index (χ0) is 5.82. The van der Waals surface area contributed by atoms with Crippen LogP contribution in [0.2, 0.25) is 0 Å². The molecule has 0 amide bonds. The first-order chi connectivity index (χ1) is 3.93. The summed E-state index contributed by atoms with van der Waals surface area (Å²) in [4.78, 5) is 0. The maximum absolute atomic E-state index is 8.52. The van der Waals surface area contributed by atoms with Gasteiger partial charge in [0, 0.05) is 27.7 Å². The van der Waals surface area contributed by atoms with E-state index in [1.54, 1.807) is 12.1 Å². The van der Waals surface area contributed by atoms with Crippen LogP contribution in [0, 0.1) is 6.07 Å². The molecule has 1 rings (SSSR count). The third-order valence-electron chi connectivity index (χ3n) is 0.970. The quantitative estimate of drug-likeness (QED) is 0.765. The molecule has 0 aromatic heterocycles. The zero-order valence-electron chi connectivity index (χ0n) is 4.87. The molecular weight excluding hydrogens is 284 g/mol. The number of benzene rings is 1.